The second-order valence-electron chi connectivity index (χ2n) is 5.76. The van der Waals surface area contributed by atoms with Gasteiger partial charge in [-0.15, -0.1) is 5.10 Å². The highest BCUT2D eigenvalue weighted by molar-refractivity contribution is 5.53. The fourth-order valence-electron chi connectivity index (χ4n) is 2.56. The molecule has 1 aliphatic heterocycles. The quantitative estimate of drug-likeness (QED) is 0.842. The first-order chi connectivity index (χ1) is 10.4. The number of ether oxygens (including phenoxy) is 1. The molecule has 7 heteroatoms. The maximum atomic E-state index is 13.8. The van der Waals surface area contributed by atoms with Crippen LogP contribution in [0.25, 0.3) is 5.52 Å². The normalized spacial score (nSPS) is 18.4. The minimum Gasteiger partial charge on any atom is -0.391 e. The van der Waals surface area contributed by atoms with Crippen molar-refractivity contribution in [2.75, 3.05) is 18.9 Å². The van der Waals surface area contributed by atoms with Crippen molar-refractivity contribution in [1.82, 2.24) is 14.6 Å². The average Bonchev–Trinajstić information content (AvgIpc) is 2.72. The number of nitrogens with two attached hydrogens (primary N) is 1. The van der Waals surface area contributed by atoms with Crippen LogP contribution in [0.3, 0.4) is 0 Å². The van der Waals surface area contributed by atoms with E-state index >= 15 is 0 Å². The Kier molecular flexibility index (Phi) is 5.31. The van der Waals surface area contributed by atoms with E-state index in [1.54, 1.807) is 6.92 Å². The Hall–Kier alpha value is -1.73. The van der Waals surface area contributed by atoms with Gasteiger partial charge in [0.2, 0.25) is 5.95 Å². The molecule has 0 spiro atoms. The Morgan fingerprint density at radius 2 is 2.23 bits per heavy atom. The largest absolute Gasteiger partial charge is 0.391 e. The van der Waals surface area contributed by atoms with Crippen molar-refractivity contribution in [1.29, 1.82) is 0 Å². The zero-order valence-corrected chi connectivity index (χ0v) is 13.2. The highest BCUT2D eigenvalue weighted by atomic mass is 19.1. The Morgan fingerprint density at radius 3 is 2.73 bits per heavy atom. The van der Waals surface area contributed by atoms with Gasteiger partial charge in [0, 0.05) is 12.2 Å². The van der Waals surface area contributed by atoms with Crippen molar-refractivity contribution in [2.45, 2.75) is 45.6 Å². The van der Waals surface area contributed by atoms with Gasteiger partial charge in [0.25, 0.3) is 0 Å². The van der Waals surface area contributed by atoms with E-state index in [2.05, 4.69) is 10.1 Å². The summed E-state index contributed by atoms with van der Waals surface area (Å²) in [6, 6.07) is 0. The van der Waals surface area contributed by atoms with Crippen LogP contribution in [0.15, 0.2) is 6.20 Å². The van der Waals surface area contributed by atoms with Crippen LogP contribution in [-0.4, -0.2) is 39.0 Å². The maximum Gasteiger partial charge on any atom is 0.238 e. The lowest BCUT2D eigenvalue weighted by Gasteiger charge is -2.15. The van der Waals surface area contributed by atoms with Crippen molar-refractivity contribution >= 4 is 11.5 Å². The molecule has 0 aliphatic carbocycles. The zero-order chi connectivity index (χ0) is 16.3. The van der Waals surface area contributed by atoms with E-state index in [1.807, 2.05) is 13.8 Å². The molecule has 0 radical (unpaired) electrons. The number of rotatable bonds is 1. The molecule has 2 aromatic heterocycles. The van der Waals surface area contributed by atoms with E-state index < -0.39 is 0 Å². The summed E-state index contributed by atoms with van der Waals surface area (Å²) in [5, 5.41) is 12.8. The molecule has 1 unspecified atom stereocenters. The summed E-state index contributed by atoms with van der Waals surface area (Å²) >= 11 is 0. The van der Waals surface area contributed by atoms with Crippen LogP contribution in [0.1, 0.15) is 43.9 Å². The van der Waals surface area contributed by atoms with Crippen LogP contribution in [0.2, 0.25) is 0 Å². The molecular weight excluding hydrogens is 287 g/mol. The third kappa shape index (κ3) is 3.53. The van der Waals surface area contributed by atoms with Crippen LogP contribution >= 0.6 is 0 Å². The van der Waals surface area contributed by atoms with E-state index in [0.29, 0.717) is 17.7 Å². The third-order valence-corrected chi connectivity index (χ3v) is 3.60. The van der Waals surface area contributed by atoms with Crippen LogP contribution in [-0.2, 0) is 4.74 Å². The fourth-order valence-corrected chi connectivity index (χ4v) is 2.56. The summed E-state index contributed by atoms with van der Waals surface area (Å²) in [5.74, 6) is 0.0781. The predicted molar refractivity (Wildman–Crippen MR) is 82.2 cm³/mol. The second-order valence-corrected chi connectivity index (χ2v) is 5.76. The summed E-state index contributed by atoms with van der Waals surface area (Å²) in [7, 11) is 0. The molecule has 1 saturated heterocycles. The Labute approximate surface area is 129 Å². The van der Waals surface area contributed by atoms with Crippen molar-refractivity contribution in [2.24, 2.45) is 0 Å². The number of aromatic nitrogens is 3. The molecule has 3 N–H and O–H groups in total. The average molecular weight is 310 g/mol. The number of halogens is 1. The van der Waals surface area contributed by atoms with Gasteiger partial charge in [0.15, 0.2) is 5.82 Å². The molecule has 0 amide bonds. The highest BCUT2D eigenvalue weighted by Gasteiger charge is 2.18. The molecule has 0 saturated carbocycles. The molecule has 122 valence electrons. The van der Waals surface area contributed by atoms with Gasteiger partial charge in [0.05, 0.1) is 24.6 Å². The van der Waals surface area contributed by atoms with Gasteiger partial charge in [-0.3, -0.25) is 0 Å². The first-order valence-corrected chi connectivity index (χ1v) is 7.46. The van der Waals surface area contributed by atoms with E-state index in [4.69, 9.17) is 15.6 Å². The first-order valence-electron chi connectivity index (χ1n) is 7.46. The fraction of sp³-hybridized carbons (Fsp3) is 0.600. The molecule has 2 aromatic rings. The summed E-state index contributed by atoms with van der Waals surface area (Å²) in [6.45, 7) is 7.10. The van der Waals surface area contributed by atoms with Gasteiger partial charge in [-0.1, -0.05) is 13.8 Å². The number of aliphatic hydroxyl groups is 1. The predicted octanol–water partition coefficient (Wildman–Crippen LogP) is 2.04. The van der Waals surface area contributed by atoms with E-state index in [-0.39, 0.29) is 23.8 Å². The molecule has 0 aromatic carbocycles. The van der Waals surface area contributed by atoms with Crippen molar-refractivity contribution in [3.05, 3.63) is 23.3 Å². The molecule has 3 rings (SSSR count). The zero-order valence-electron chi connectivity index (χ0n) is 13.2. The van der Waals surface area contributed by atoms with Gasteiger partial charge in [0.1, 0.15) is 5.52 Å². The lowest BCUT2D eigenvalue weighted by atomic mass is 10.1. The monoisotopic (exact) mass is 310 g/mol. The third-order valence-electron chi connectivity index (χ3n) is 3.60. The van der Waals surface area contributed by atoms with E-state index in [9.17, 15) is 4.39 Å². The van der Waals surface area contributed by atoms with E-state index in [1.165, 1.54) is 10.7 Å². The van der Waals surface area contributed by atoms with Gasteiger partial charge >= 0.3 is 0 Å². The summed E-state index contributed by atoms with van der Waals surface area (Å²) in [4.78, 5) is 3.79. The molecule has 22 heavy (non-hydrogen) atoms. The number of anilines is 1. The number of nitrogen functional groups attached to an aromatic ring is 1. The van der Waals surface area contributed by atoms with Gasteiger partial charge in [-0.25, -0.2) is 13.9 Å². The maximum absolute atomic E-state index is 13.8. The molecule has 1 atom stereocenters. The number of hydrogen-bond donors (Lipinski definition) is 2. The number of hydrogen-bond acceptors (Lipinski definition) is 5. The van der Waals surface area contributed by atoms with Crippen LogP contribution in [0.4, 0.5) is 10.3 Å². The molecule has 0 bridgehead atoms. The van der Waals surface area contributed by atoms with Crippen LogP contribution in [0, 0.1) is 12.7 Å². The van der Waals surface area contributed by atoms with Crippen LogP contribution < -0.4 is 5.73 Å². The smallest absolute Gasteiger partial charge is 0.238 e. The van der Waals surface area contributed by atoms with Crippen LogP contribution in [0.5, 0.6) is 0 Å². The molecular formula is C15H23FN4O2. The summed E-state index contributed by atoms with van der Waals surface area (Å²) in [6.07, 6.45) is 3.16. The van der Waals surface area contributed by atoms with Crippen molar-refractivity contribution in [3.8, 4) is 0 Å². The minimum atomic E-state index is -0.265. The Morgan fingerprint density at radius 1 is 1.50 bits per heavy atom. The topological polar surface area (TPSA) is 85.7 Å². The lowest BCUT2D eigenvalue weighted by molar-refractivity contribution is -0.00535. The summed E-state index contributed by atoms with van der Waals surface area (Å²) < 4.78 is 20.2. The highest BCUT2D eigenvalue weighted by Crippen LogP contribution is 2.26. The van der Waals surface area contributed by atoms with Gasteiger partial charge < -0.3 is 15.6 Å². The number of nitrogens with zero attached hydrogens (tertiary/aromatic N) is 3. The van der Waals surface area contributed by atoms with E-state index in [0.717, 1.165) is 25.1 Å². The standard InChI is InChI=1S/C10H13FN4.C5H10O2/c1-5(2)9-6(3)8(11)7-4-13-10(12)14-15(7)9;6-5-2-1-3-7-4-5/h4-5H,1-3H3,(H2,12,14);5-6H,1-4H2. The number of aliphatic hydroxyl groups excluding tert-OH is 1. The SMILES string of the molecule is Cc1c(F)c2cnc(N)nn2c1C(C)C.OC1CCCOC1. The van der Waals surface area contributed by atoms with Gasteiger partial charge in [-0.05, 0) is 25.7 Å². The van der Waals surface area contributed by atoms with Gasteiger partial charge in [-0.2, -0.15) is 0 Å². The molecule has 3 heterocycles. The molecule has 1 aliphatic rings. The second kappa shape index (κ2) is 7.02. The summed E-state index contributed by atoms with van der Waals surface area (Å²) in [5.41, 5.74) is 7.33. The number of fused-ring (bicyclic) bond motifs is 1. The minimum absolute atomic E-state index is 0.152. The Balaban J connectivity index is 0.000000211. The van der Waals surface area contributed by atoms with Crippen molar-refractivity contribution < 1.29 is 14.2 Å². The Bertz CT molecular complexity index is 636. The molecule has 6 nitrogen and oxygen atoms in total. The lowest BCUT2D eigenvalue weighted by Crippen LogP contribution is -2.21. The molecule has 1 fully saturated rings. The van der Waals surface area contributed by atoms with Crippen molar-refractivity contribution in [3.63, 3.8) is 0 Å². The first kappa shape index (κ1) is 16.6.